The second kappa shape index (κ2) is 12.4. The van der Waals surface area contributed by atoms with Crippen LogP contribution in [0.3, 0.4) is 0 Å². The van der Waals surface area contributed by atoms with E-state index in [1.165, 1.54) is 6.92 Å². The van der Waals surface area contributed by atoms with Gasteiger partial charge < -0.3 is 26.8 Å². The summed E-state index contributed by atoms with van der Waals surface area (Å²) in [4.78, 5) is 48.7. The minimum absolute atomic E-state index is 0.229. The van der Waals surface area contributed by atoms with Crippen LogP contribution in [0.2, 0.25) is 0 Å². The number of carboxylic acid groups (broad SMARTS) is 1. The first-order valence-corrected chi connectivity index (χ1v) is 10.2. The van der Waals surface area contributed by atoms with Crippen molar-refractivity contribution in [3.63, 3.8) is 0 Å². The van der Waals surface area contributed by atoms with Gasteiger partial charge in [0.25, 0.3) is 0 Å². The van der Waals surface area contributed by atoms with Gasteiger partial charge in [0.1, 0.15) is 18.1 Å². The van der Waals surface area contributed by atoms with Crippen molar-refractivity contribution in [2.45, 2.75) is 85.5 Å². The number of carbonyl (C=O) groups is 4. The van der Waals surface area contributed by atoms with E-state index in [0.29, 0.717) is 12.8 Å². The van der Waals surface area contributed by atoms with Crippen LogP contribution >= 0.6 is 0 Å². The molecule has 0 spiro atoms. The van der Waals surface area contributed by atoms with E-state index in [-0.39, 0.29) is 17.8 Å². The van der Waals surface area contributed by atoms with Crippen molar-refractivity contribution in [3.8, 4) is 0 Å². The van der Waals surface area contributed by atoms with Crippen molar-refractivity contribution in [3.05, 3.63) is 0 Å². The molecule has 6 N–H and O–H groups in total. The molecule has 0 aliphatic carbocycles. The molecule has 168 valence electrons. The molecule has 0 saturated carbocycles. The summed E-state index contributed by atoms with van der Waals surface area (Å²) in [6.07, 6.45) is 1.07. The summed E-state index contributed by atoms with van der Waals surface area (Å²) >= 11 is 0. The molecule has 5 unspecified atom stereocenters. The van der Waals surface area contributed by atoms with Gasteiger partial charge in [-0.2, -0.15) is 0 Å². The van der Waals surface area contributed by atoms with Gasteiger partial charge in [0.2, 0.25) is 17.7 Å². The Balaban J connectivity index is 5.02. The first-order valence-electron chi connectivity index (χ1n) is 10.2. The van der Waals surface area contributed by atoms with E-state index < -0.39 is 47.9 Å². The lowest BCUT2D eigenvalue weighted by Crippen LogP contribution is -2.58. The molecule has 5 atom stereocenters. The van der Waals surface area contributed by atoms with Crippen molar-refractivity contribution in [1.82, 2.24) is 16.0 Å². The topological polar surface area (TPSA) is 151 Å². The lowest BCUT2D eigenvalue weighted by molar-refractivity contribution is -0.143. The van der Waals surface area contributed by atoms with E-state index in [0.717, 1.165) is 0 Å². The summed E-state index contributed by atoms with van der Waals surface area (Å²) in [5.41, 5.74) is 5.88. The van der Waals surface area contributed by atoms with E-state index in [1.54, 1.807) is 20.8 Å². The molecule has 0 aromatic rings. The highest BCUT2D eigenvalue weighted by Gasteiger charge is 2.31. The van der Waals surface area contributed by atoms with E-state index in [9.17, 15) is 24.3 Å². The highest BCUT2D eigenvalue weighted by Crippen LogP contribution is 2.09. The number of rotatable bonds is 12. The van der Waals surface area contributed by atoms with E-state index >= 15 is 0 Å². The van der Waals surface area contributed by atoms with Crippen LogP contribution < -0.4 is 21.7 Å². The molecule has 0 aliphatic heterocycles. The maximum atomic E-state index is 12.6. The average Bonchev–Trinajstić information content (AvgIpc) is 2.61. The zero-order valence-electron chi connectivity index (χ0n) is 18.6. The van der Waals surface area contributed by atoms with Crippen LogP contribution in [0.5, 0.6) is 0 Å². The molecule has 9 nitrogen and oxygen atoms in total. The number of amides is 3. The SMILES string of the molecule is CCC(C)C(NC(=O)C(C)NC(=O)C(NC(=O)C(N)CC(C)C)C(C)C)C(=O)O. The first-order chi connectivity index (χ1) is 13.3. The molecule has 0 fully saturated rings. The number of hydrogen-bond donors (Lipinski definition) is 5. The van der Waals surface area contributed by atoms with Gasteiger partial charge in [-0.3, -0.25) is 14.4 Å². The molecule has 0 aliphatic rings. The van der Waals surface area contributed by atoms with Gasteiger partial charge in [0.05, 0.1) is 6.04 Å². The second-order valence-corrected chi connectivity index (χ2v) is 8.41. The summed E-state index contributed by atoms with van der Waals surface area (Å²) in [5, 5.41) is 17.0. The fourth-order valence-electron chi connectivity index (χ4n) is 2.74. The third kappa shape index (κ3) is 9.25. The lowest BCUT2D eigenvalue weighted by atomic mass is 9.98. The average molecular weight is 415 g/mol. The number of aliphatic carboxylic acids is 1. The third-order valence-electron chi connectivity index (χ3n) is 4.84. The monoisotopic (exact) mass is 414 g/mol. The smallest absolute Gasteiger partial charge is 0.326 e. The largest absolute Gasteiger partial charge is 0.480 e. The second-order valence-electron chi connectivity index (χ2n) is 8.41. The molecular weight excluding hydrogens is 376 g/mol. The Labute approximate surface area is 173 Å². The van der Waals surface area contributed by atoms with Gasteiger partial charge in [0, 0.05) is 0 Å². The minimum Gasteiger partial charge on any atom is -0.480 e. The molecule has 0 heterocycles. The normalized spacial score (nSPS) is 16.5. The van der Waals surface area contributed by atoms with Crippen LogP contribution in [0, 0.1) is 17.8 Å². The first kappa shape index (κ1) is 26.8. The highest BCUT2D eigenvalue weighted by atomic mass is 16.4. The molecular formula is C20H38N4O5. The molecule has 9 heteroatoms. The summed E-state index contributed by atoms with van der Waals surface area (Å²) in [7, 11) is 0. The zero-order chi connectivity index (χ0) is 22.9. The predicted octanol–water partition coefficient (Wildman–Crippen LogP) is 0.621. The third-order valence-corrected chi connectivity index (χ3v) is 4.84. The van der Waals surface area contributed by atoms with Gasteiger partial charge in [-0.05, 0) is 31.1 Å². The van der Waals surface area contributed by atoms with Crippen LogP contribution in [0.25, 0.3) is 0 Å². The molecule has 0 rings (SSSR count). The lowest BCUT2D eigenvalue weighted by Gasteiger charge is -2.26. The van der Waals surface area contributed by atoms with Crippen molar-refractivity contribution < 1.29 is 24.3 Å². The Kier molecular flexibility index (Phi) is 11.5. The van der Waals surface area contributed by atoms with Crippen molar-refractivity contribution in [2.24, 2.45) is 23.5 Å². The number of nitrogens with one attached hydrogen (secondary N) is 3. The van der Waals surface area contributed by atoms with Crippen LogP contribution in [0.4, 0.5) is 0 Å². The Morgan fingerprint density at radius 2 is 1.34 bits per heavy atom. The maximum Gasteiger partial charge on any atom is 0.326 e. The maximum absolute atomic E-state index is 12.6. The molecule has 0 aromatic heterocycles. The van der Waals surface area contributed by atoms with Gasteiger partial charge in [-0.25, -0.2) is 4.79 Å². The fraction of sp³-hybridized carbons (Fsp3) is 0.800. The van der Waals surface area contributed by atoms with Crippen molar-refractivity contribution >= 4 is 23.7 Å². The van der Waals surface area contributed by atoms with Gasteiger partial charge >= 0.3 is 5.97 Å². The van der Waals surface area contributed by atoms with Crippen LogP contribution in [0.1, 0.15) is 61.3 Å². The standard InChI is InChI=1S/C20H38N4O5/c1-8-12(6)16(20(28)29)24-17(25)13(7)22-19(27)15(11(4)5)23-18(26)14(21)9-10(2)3/h10-16H,8-9,21H2,1-7H3,(H,22,27)(H,23,26)(H,24,25)(H,28,29). The minimum atomic E-state index is -1.13. The molecule has 0 bridgehead atoms. The van der Waals surface area contributed by atoms with E-state index in [2.05, 4.69) is 16.0 Å². The number of carbonyl (C=O) groups excluding carboxylic acids is 3. The van der Waals surface area contributed by atoms with Crippen molar-refractivity contribution in [1.29, 1.82) is 0 Å². The molecule has 0 radical (unpaired) electrons. The molecule has 0 saturated heterocycles. The van der Waals surface area contributed by atoms with Gasteiger partial charge in [-0.1, -0.05) is 48.0 Å². The van der Waals surface area contributed by atoms with Crippen LogP contribution in [-0.4, -0.2) is 53.0 Å². The van der Waals surface area contributed by atoms with Crippen LogP contribution in [-0.2, 0) is 19.2 Å². The van der Waals surface area contributed by atoms with Gasteiger partial charge in [-0.15, -0.1) is 0 Å². The summed E-state index contributed by atoms with van der Waals surface area (Å²) in [6, 6.07) is -3.59. The zero-order valence-corrected chi connectivity index (χ0v) is 18.6. The summed E-state index contributed by atoms with van der Waals surface area (Å²) in [6.45, 7) is 12.5. The Bertz CT molecular complexity index is 579. The molecule has 29 heavy (non-hydrogen) atoms. The Morgan fingerprint density at radius 3 is 1.76 bits per heavy atom. The Morgan fingerprint density at radius 1 is 0.828 bits per heavy atom. The van der Waals surface area contributed by atoms with Crippen LogP contribution in [0.15, 0.2) is 0 Å². The quantitative estimate of drug-likeness (QED) is 0.316. The summed E-state index contributed by atoms with van der Waals surface area (Å²) in [5.74, 6) is -2.93. The summed E-state index contributed by atoms with van der Waals surface area (Å²) < 4.78 is 0. The number of hydrogen-bond acceptors (Lipinski definition) is 5. The number of carboxylic acids is 1. The van der Waals surface area contributed by atoms with Crippen molar-refractivity contribution in [2.75, 3.05) is 0 Å². The highest BCUT2D eigenvalue weighted by molar-refractivity contribution is 5.94. The number of nitrogens with two attached hydrogens (primary N) is 1. The van der Waals surface area contributed by atoms with E-state index in [1.807, 2.05) is 20.8 Å². The molecule has 0 aromatic carbocycles. The fourth-order valence-corrected chi connectivity index (χ4v) is 2.74. The molecule has 3 amide bonds. The van der Waals surface area contributed by atoms with Gasteiger partial charge in [0.15, 0.2) is 0 Å². The predicted molar refractivity (Wildman–Crippen MR) is 111 cm³/mol. The van der Waals surface area contributed by atoms with E-state index in [4.69, 9.17) is 5.73 Å². The Hall–Kier alpha value is -2.16.